The van der Waals surface area contributed by atoms with Crippen LogP contribution in [0, 0.1) is 18.6 Å². The van der Waals surface area contributed by atoms with Crippen LogP contribution < -0.4 is 4.74 Å². The zero-order valence-electron chi connectivity index (χ0n) is 8.71. The molecule has 0 aliphatic rings. The van der Waals surface area contributed by atoms with Crippen molar-refractivity contribution in [2.75, 3.05) is 0 Å². The predicted molar refractivity (Wildman–Crippen MR) is 57.6 cm³/mol. The molecular formula is C13H10F2O. The van der Waals surface area contributed by atoms with E-state index in [1.54, 1.807) is 24.3 Å². The number of hydrogen-bond donors (Lipinski definition) is 0. The molecule has 0 saturated carbocycles. The Morgan fingerprint density at radius 2 is 1.44 bits per heavy atom. The molecule has 0 N–H and O–H groups in total. The van der Waals surface area contributed by atoms with Crippen LogP contribution >= 0.6 is 0 Å². The monoisotopic (exact) mass is 220 g/mol. The molecule has 0 unspecified atom stereocenters. The number of hydrogen-bond acceptors (Lipinski definition) is 1. The van der Waals surface area contributed by atoms with Crippen molar-refractivity contribution in [1.29, 1.82) is 0 Å². The van der Waals surface area contributed by atoms with Crippen LogP contribution in [0.3, 0.4) is 0 Å². The van der Waals surface area contributed by atoms with Crippen LogP contribution in [-0.2, 0) is 0 Å². The molecule has 0 aliphatic heterocycles. The summed E-state index contributed by atoms with van der Waals surface area (Å²) in [6.45, 7) is 1.39. The Labute approximate surface area is 92.3 Å². The fourth-order valence-corrected chi connectivity index (χ4v) is 1.31. The van der Waals surface area contributed by atoms with Gasteiger partial charge < -0.3 is 4.74 Å². The minimum Gasteiger partial charge on any atom is -0.457 e. The van der Waals surface area contributed by atoms with E-state index in [1.165, 1.54) is 19.1 Å². The molecular weight excluding hydrogens is 210 g/mol. The van der Waals surface area contributed by atoms with Crippen molar-refractivity contribution in [3.8, 4) is 11.5 Å². The van der Waals surface area contributed by atoms with Crippen molar-refractivity contribution >= 4 is 0 Å². The average Bonchev–Trinajstić information content (AvgIpc) is 2.27. The van der Waals surface area contributed by atoms with Gasteiger partial charge in [-0.05, 0) is 19.1 Å². The number of benzene rings is 2. The summed E-state index contributed by atoms with van der Waals surface area (Å²) in [5.74, 6) is -0.506. The van der Waals surface area contributed by atoms with Crippen LogP contribution in [0.2, 0.25) is 0 Å². The number of ether oxygens (including phenoxy) is 1. The van der Waals surface area contributed by atoms with Gasteiger partial charge in [-0.2, -0.15) is 0 Å². The lowest BCUT2D eigenvalue weighted by Crippen LogP contribution is -1.91. The summed E-state index contributed by atoms with van der Waals surface area (Å²) in [5.41, 5.74) is 0.000381. The van der Waals surface area contributed by atoms with E-state index in [-0.39, 0.29) is 11.3 Å². The third kappa shape index (κ3) is 2.19. The molecule has 0 amide bonds. The second kappa shape index (κ2) is 4.31. The van der Waals surface area contributed by atoms with E-state index in [2.05, 4.69) is 0 Å². The lowest BCUT2D eigenvalue weighted by Gasteiger charge is -2.07. The van der Waals surface area contributed by atoms with Crippen LogP contribution in [0.15, 0.2) is 42.5 Å². The van der Waals surface area contributed by atoms with E-state index in [9.17, 15) is 8.78 Å². The van der Waals surface area contributed by atoms with Crippen LogP contribution in [-0.4, -0.2) is 0 Å². The summed E-state index contributed by atoms with van der Waals surface area (Å²) >= 11 is 0. The topological polar surface area (TPSA) is 9.23 Å². The molecule has 3 heteroatoms. The minimum atomic E-state index is -0.606. The lowest BCUT2D eigenvalue weighted by atomic mass is 10.2. The molecule has 0 atom stereocenters. The van der Waals surface area contributed by atoms with Gasteiger partial charge in [0.2, 0.25) is 0 Å². The minimum absolute atomic E-state index is 0.000381. The molecule has 0 fully saturated rings. The van der Waals surface area contributed by atoms with Crippen LogP contribution in [0.1, 0.15) is 5.56 Å². The van der Waals surface area contributed by atoms with E-state index >= 15 is 0 Å². The van der Waals surface area contributed by atoms with Gasteiger partial charge in [0.05, 0.1) is 0 Å². The largest absolute Gasteiger partial charge is 0.457 e. The highest BCUT2D eigenvalue weighted by atomic mass is 19.1. The lowest BCUT2D eigenvalue weighted by molar-refractivity contribution is 0.466. The summed E-state index contributed by atoms with van der Waals surface area (Å²) in [7, 11) is 0. The normalized spacial score (nSPS) is 10.2. The Hall–Kier alpha value is -1.90. The maximum atomic E-state index is 13.2. The Balaban J connectivity index is 2.29. The van der Waals surface area contributed by atoms with Crippen molar-refractivity contribution in [1.82, 2.24) is 0 Å². The zero-order chi connectivity index (χ0) is 11.5. The first-order valence-corrected chi connectivity index (χ1v) is 4.85. The van der Waals surface area contributed by atoms with Gasteiger partial charge in [-0.25, -0.2) is 8.78 Å². The zero-order valence-corrected chi connectivity index (χ0v) is 8.71. The summed E-state index contributed by atoms with van der Waals surface area (Å²) < 4.78 is 31.8. The van der Waals surface area contributed by atoms with Gasteiger partial charge in [0.1, 0.15) is 23.1 Å². The molecule has 1 nitrogen and oxygen atoms in total. The van der Waals surface area contributed by atoms with Gasteiger partial charge in [0, 0.05) is 17.7 Å². The first kappa shape index (κ1) is 10.6. The second-order valence-electron chi connectivity index (χ2n) is 3.43. The van der Waals surface area contributed by atoms with E-state index in [4.69, 9.17) is 4.74 Å². The molecule has 0 aromatic heterocycles. The van der Waals surface area contributed by atoms with Crippen molar-refractivity contribution < 1.29 is 13.5 Å². The SMILES string of the molecule is Cc1c(F)cc(Oc2ccccc2)cc1F. The Bertz CT molecular complexity index is 472. The molecule has 2 aromatic carbocycles. The van der Waals surface area contributed by atoms with Gasteiger partial charge in [0.15, 0.2) is 0 Å². The fourth-order valence-electron chi connectivity index (χ4n) is 1.31. The standard InChI is InChI=1S/C13H10F2O/c1-9-12(14)7-11(8-13(9)15)16-10-5-3-2-4-6-10/h2-8H,1H3. The smallest absolute Gasteiger partial charge is 0.133 e. The third-order valence-corrected chi connectivity index (χ3v) is 2.23. The molecule has 0 saturated heterocycles. The molecule has 0 aliphatic carbocycles. The average molecular weight is 220 g/mol. The predicted octanol–water partition coefficient (Wildman–Crippen LogP) is 4.07. The summed E-state index contributed by atoms with van der Waals surface area (Å²) in [4.78, 5) is 0. The molecule has 82 valence electrons. The van der Waals surface area contributed by atoms with Gasteiger partial charge in [-0.15, -0.1) is 0 Å². The van der Waals surface area contributed by atoms with Gasteiger partial charge >= 0.3 is 0 Å². The molecule has 2 rings (SSSR count). The van der Waals surface area contributed by atoms with E-state index in [0.29, 0.717) is 5.75 Å². The third-order valence-electron chi connectivity index (χ3n) is 2.23. The Kier molecular flexibility index (Phi) is 2.86. The molecule has 0 spiro atoms. The van der Waals surface area contributed by atoms with Crippen LogP contribution in [0.25, 0.3) is 0 Å². The van der Waals surface area contributed by atoms with E-state index in [0.717, 1.165) is 0 Å². The van der Waals surface area contributed by atoms with Crippen LogP contribution in [0.4, 0.5) is 8.78 Å². The highest BCUT2D eigenvalue weighted by Crippen LogP contribution is 2.24. The molecule has 0 radical (unpaired) electrons. The maximum absolute atomic E-state index is 13.2. The van der Waals surface area contributed by atoms with Crippen molar-refractivity contribution in [2.45, 2.75) is 6.92 Å². The molecule has 2 aromatic rings. The molecule has 16 heavy (non-hydrogen) atoms. The molecule has 0 heterocycles. The summed E-state index contributed by atoms with van der Waals surface area (Å²) in [6.07, 6.45) is 0. The quantitative estimate of drug-likeness (QED) is 0.741. The first-order chi connectivity index (χ1) is 7.66. The fraction of sp³-hybridized carbons (Fsp3) is 0.0769. The number of halogens is 2. The Morgan fingerprint density at radius 3 is 2.00 bits per heavy atom. The van der Waals surface area contributed by atoms with E-state index in [1.807, 2.05) is 6.07 Å². The van der Waals surface area contributed by atoms with Gasteiger partial charge in [0.25, 0.3) is 0 Å². The highest BCUT2D eigenvalue weighted by Gasteiger charge is 2.07. The Morgan fingerprint density at radius 1 is 0.875 bits per heavy atom. The summed E-state index contributed by atoms with van der Waals surface area (Å²) in [5, 5.41) is 0. The van der Waals surface area contributed by atoms with Gasteiger partial charge in [-0.1, -0.05) is 18.2 Å². The van der Waals surface area contributed by atoms with Gasteiger partial charge in [-0.3, -0.25) is 0 Å². The van der Waals surface area contributed by atoms with Crippen molar-refractivity contribution in [3.63, 3.8) is 0 Å². The second-order valence-corrected chi connectivity index (χ2v) is 3.43. The number of rotatable bonds is 2. The number of para-hydroxylation sites is 1. The van der Waals surface area contributed by atoms with E-state index < -0.39 is 11.6 Å². The maximum Gasteiger partial charge on any atom is 0.133 e. The molecule has 0 bridgehead atoms. The van der Waals surface area contributed by atoms with Crippen molar-refractivity contribution in [3.05, 3.63) is 59.7 Å². The highest BCUT2D eigenvalue weighted by molar-refractivity contribution is 5.34. The van der Waals surface area contributed by atoms with Crippen molar-refractivity contribution in [2.24, 2.45) is 0 Å². The summed E-state index contributed by atoms with van der Waals surface area (Å²) in [6, 6.07) is 11.2. The van der Waals surface area contributed by atoms with Crippen LogP contribution in [0.5, 0.6) is 11.5 Å². The first-order valence-electron chi connectivity index (χ1n) is 4.85.